The fourth-order valence-corrected chi connectivity index (χ4v) is 4.51. The number of rotatable bonds is 10. The summed E-state index contributed by atoms with van der Waals surface area (Å²) in [6, 6.07) is 0. The molecule has 2 rings (SSSR count). The third kappa shape index (κ3) is 8.30. The van der Waals surface area contributed by atoms with Gasteiger partial charge in [0.1, 0.15) is 6.10 Å². The van der Waals surface area contributed by atoms with Gasteiger partial charge in [-0.05, 0) is 43.1 Å². The molecular weight excluding hydrogens is 411 g/mol. The number of ether oxygens (including phenoxy) is 1. The van der Waals surface area contributed by atoms with E-state index in [1.54, 1.807) is 0 Å². The van der Waals surface area contributed by atoms with Gasteiger partial charge in [-0.1, -0.05) is 39.0 Å². The number of hydrogen-bond donors (Lipinski definition) is 3. The molecule has 3 N–H and O–H groups in total. The van der Waals surface area contributed by atoms with Gasteiger partial charge in [0, 0.05) is 24.7 Å². The minimum absolute atomic E-state index is 0. The van der Waals surface area contributed by atoms with Crippen LogP contribution in [0.2, 0.25) is 0 Å². The predicted molar refractivity (Wildman–Crippen MR) is 109 cm³/mol. The Balaban J connectivity index is 0.00000480. The summed E-state index contributed by atoms with van der Waals surface area (Å²) in [6.07, 6.45) is 4.31. The van der Waals surface area contributed by atoms with Crippen molar-refractivity contribution in [1.29, 1.82) is 0 Å². The van der Waals surface area contributed by atoms with Crippen LogP contribution in [0.25, 0.3) is 0 Å². The van der Waals surface area contributed by atoms with E-state index in [9.17, 15) is 30.0 Å². The summed E-state index contributed by atoms with van der Waals surface area (Å²) in [5, 5.41) is 40.8. The molecule has 2 unspecified atom stereocenters. The Kier molecular flexibility index (Phi) is 12.0. The molecule has 0 saturated carbocycles. The van der Waals surface area contributed by atoms with E-state index in [-0.39, 0.29) is 65.6 Å². The van der Waals surface area contributed by atoms with Crippen LogP contribution in [0.15, 0.2) is 23.8 Å². The van der Waals surface area contributed by atoms with Crippen LogP contribution in [0.4, 0.5) is 0 Å². The van der Waals surface area contributed by atoms with Crippen molar-refractivity contribution in [2.24, 2.45) is 23.7 Å². The molecule has 0 heterocycles. The van der Waals surface area contributed by atoms with Crippen LogP contribution in [-0.4, -0.2) is 51.7 Å². The summed E-state index contributed by atoms with van der Waals surface area (Å²) in [7, 11) is 0. The Bertz CT molecular complexity index is 662. The Morgan fingerprint density at radius 1 is 1.29 bits per heavy atom. The van der Waals surface area contributed by atoms with Crippen LogP contribution >= 0.6 is 0 Å². The number of aliphatic hydroxyl groups excluding tert-OH is 3. The SMILES string of the molecule is CC[C@H](C)C(=O)OC1C[C@H](O)C=C2C=CC(C)[C@H](CC[C@@H](O)C[C@@H](O)CC(=O)[O-])[C@H]21.[Na+]. The number of aliphatic carboxylic acids is 1. The van der Waals surface area contributed by atoms with Crippen LogP contribution < -0.4 is 34.7 Å². The van der Waals surface area contributed by atoms with E-state index in [1.807, 2.05) is 26.0 Å². The van der Waals surface area contributed by atoms with Crippen molar-refractivity contribution < 1.29 is 64.3 Å². The first-order chi connectivity index (χ1) is 14.1. The number of allylic oxidation sites excluding steroid dienone is 2. The zero-order chi connectivity index (χ0) is 22.4. The number of carboxylic acid groups (broad SMARTS) is 1. The second-order valence-corrected chi connectivity index (χ2v) is 8.86. The summed E-state index contributed by atoms with van der Waals surface area (Å²) in [5.41, 5.74) is 0.949. The molecule has 0 fully saturated rings. The molecule has 2 aliphatic rings. The van der Waals surface area contributed by atoms with E-state index in [0.29, 0.717) is 25.7 Å². The van der Waals surface area contributed by atoms with E-state index in [0.717, 1.165) is 5.57 Å². The van der Waals surface area contributed by atoms with Gasteiger partial charge in [-0.25, -0.2) is 0 Å². The molecule has 170 valence electrons. The Morgan fingerprint density at radius 2 is 1.97 bits per heavy atom. The summed E-state index contributed by atoms with van der Waals surface area (Å²) >= 11 is 0. The van der Waals surface area contributed by atoms with Gasteiger partial charge in [0.2, 0.25) is 0 Å². The number of fused-ring (bicyclic) bond motifs is 1. The van der Waals surface area contributed by atoms with Gasteiger partial charge in [-0.15, -0.1) is 0 Å². The Hall–Kier alpha value is -0.700. The second-order valence-electron chi connectivity index (χ2n) is 8.86. The summed E-state index contributed by atoms with van der Waals surface area (Å²) in [5.74, 6) is -1.60. The molecule has 31 heavy (non-hydrogen) atoms. The summed E-state index contributed by atoms with van der Waals surface area (Å²) in [6.45, 7) is 5.83. The van der Waals surface area contributed by atoms with Crippen molar-refractivity contribution in [2.75, 3.05) is 0 Å². The van der Waals surface area contributed by atoms with Gasteiger partial charge in [-0.2, -0.15) is 0 Å². The van der Waals surface area contributed by atoms with Crippen molar-refractivity contribution in [3.8, 4) is 0 Å². The molecule has 0 saturated heterocycles. The average Bonchev–Trinajstić information content (AvgIpc) is 2.65. The minimum Gasteiger partial charge on any atom is -0.550 e. The zero-order valence-corrected chi connectivity index (χ0v) is 21.1. The molecule has 0 amide bonds. The first-order valence-corrected chi connectivity index (χ1v) is 11.0. The summed E-state index contributed by atoms with van der Waals surface area (Å²) < 4.78 is 5.83. The average molecular weight is 447 g/mol. The fourth-order valence-electron chi connectivity index (χ4n) is 4.51. The van der Waals surface area contributed by atoms with E-state index in [4.69, 9.17) is 4.74 Å². The quantitative estimate of drug-likeness (QED) is 0.265. The molecule has 0 aromatic carbocycles. The number of carbonyl (C=O) groups is 2. The van der Waals surface area contributed by atoms with Crippen molar-refractivity contribution in [3.63, 3.8) is 0 Å². The number of aliphatic hydroxyl groups is 3. The van der Waals surface area contributed by atoms with E-state index in [1.165, 1.54) is 0 Å². The van der Waals surface area contributed by atoms with Crippen LogP contribution in [0.5, 0.6) is 0 Å². The van der Waals surface area contributed by atoms with Crippen LogP contribution in [0, 0.1) is 23.7 Å². The minimum atomic E-state index is -1.35. The third-order valence-electron chi connectivity index (χ3n) is 6.43. The molecule has 0 aliphatic heterocycles. The summed E-state index contributed by atoms with van der Waals surface area (Å²) in [4.78, 5) is 23.0. The van der Waals surface area contributed by atoms with Gasteiger partial charge < -0.3 is 30.0 Å². The van der Waals surface area contributed by atoms with E-state index in [2.05, 4.69) is 13.0 Å². The Morgan fingerprint density at radius 3 is 2.58 bits per heavy atom. The number of carbonyl (C=O) groups excluding carboxylic acids is 2. The maximum Gasteiger partial charge on any atom is 1.00 e. The molecule has 0 aromatic heterocycles. The second kappa shape index (κ2) is 13.1. The fraction of sp³-hybridized carbons (Fsp3) is 0.739. The van der Waals surface area contributed by atoms with Crippen molar-refractivity contribution >= 4 is 11.9 Å². The molecule has 2 aliphatic carbocycles. The van der Waals surface area contributed by atoms with Gasteiger partial charge in [-0.3, -0.25) is 4.79 Å². The van der Waals surface area contributed by atoms with Crippen molar-refractivity contribution in [3.05, 3.63) is 23.8 Å². The standard InChI is InChI=1S/C23H36O7.Na/c1-4-13(2)23(29)30-20-11-17(25)9-15-6-5-14(3)19(22(15)20)8-7-16(24)10-18(26)12-21(27)28;/h5-6,9,13-14,16-20,22,24-26H,4,7-8,10-12H2,1-3H3,(H,27,28);/q;+1/p-1/t13-,14?,16+,17+,18+,19-,20?,22-;/m0./s1. The molecular formula is C23H35NaO7. The molecule has 7 nitrogen and oxygen atoms in total. The molecule has 8 atom stereocenters. The van der Waals surface area contributed by atoms with Crippen LogP contribution in [-0.2, 0) is 14.3 Å². The molecule has 0 radical (unpaired) electrons. The Labute approximate surface area is 206 Å². The van der Waals surface area contributed by atoms with E-state index >= 15 is 0 Å². The smallest absolute Gasteiger partial charge is 0.550 e. The number of hydrogen-bond acceptors (Lipinski definition) is 7. The van der Waals surface area contributed by atoms with Gasteiger partial charge in [0.25, 0.3) is 0 Å². The first kappa shape index (κ1) is 28.3. The maximum absolute atomic E-state index is 12.4. The van der Waals surface area contributed by atoms with Gasteiger partial charge in [0.05, 0.1) is 24.2 Å². The zero-order valence-electron chi connectivity index (χ0n) is 19.1. The molecule has 0 aromatic rings. The number of carboxylic acids is 1. The third-order valence-corrected chi connectivity index (χ3v) is 6.43. The molecule has 0 spiro atoms. The molecule has 8 heteroatoms. The monoisotopic (exact) mass is 446 g/mol. The molecule has 0 bridgehead atoms. The van der Waals surface area contributed by atoms with E-state index < -0.39 is 36.8 Å². The normalized spacial score (nSPS) is 30.3. The first-order valence-electron chi connectivity index (χ1n) is 11.0. The predicted octanol–water partition coefficient (Wildman–Crippen LogP) is -1.89. The maximum atomic E-state index is 12.4. The van der Waals surface area contributed by atoms with Crippen molar-refractivity contribution in [1.82, 2.24) is 0 Å². The number of esters is 1. The van der Waals surface area contributed by atoms with Crippen LogP contribution in [0.3, 0.4) is 0 Å². The largest absolute Gasteiger partial charge is 1.00 e. The van der Waals surface area contributed by atoms with Gasteiger partial charge in [0.15, 0.2) is 0 Å². The van der Waals surface area contributed by atoms with Crippen molar-refractivity contribution in [2.45, 2.75) is 83.7 Å². The topological polar surface area (TPSA) is 127 Å². The van der Waals surface area contributed by atoms with Crippen LogP contribution in [0.1, 0.15) is 59.3 Å². The van der Waals surface area contributed by atoms with Gasteiger partial charge >= 0.3 is 35.5 Å².